The minimum atomic E-state index is -1.20. The molecule has 0 unspecified atom stereocenters. The van der Waals surface area contributed by atoms with E-state index in [0.717, 1.165) is 16.2 Å². The van der Waals surface area contributed by atoms with E-state index in [1.807, 2.05) is 18.2 Å². The van der Waals surface area contributed by atoms with E-state index < -0.39 is 29.2 Å². The summed E-state index contributed by atoms with van der Waals surface area (Å²) in [7, 11) is 1.28. The molecule has 4 heterocycles. The fraction of sp³-hybridized carbons (Fsp3) is 0.286. The Morgan fingerprint density at radius 3 is 2.84 bits per heavy atom. The van der Waals surface area contributed by atoms with Crippen molar-refractivity contribution in [1.82, 2.24) is 15.2 Å². The Balaban J connectivity index is 1.44. The van der Waals surface area contributed by atoms with Crippen LogP contribution in [0.1, 0.15) is 5.69 Å². The molecule has 0 aliphatic carbocycles. The van der Waals surface area contributed by atoms with Gasteiger partial charge < -0.3 is 21.0 Å². The van der Waals surface area contributed by atoms with Gasteiger partial charge in [0.1, 0.15) is 29.9 Å². The summed E-state index contributed by atoms with van der Waals surface area (Å²) in [5, 5.41) is 26.1. The summed E-state index contributed by atoms with van der Waals surface area (Å²) in [4.78, 5) is 48.8. The Morgan fingerprint density at radius 1 is 1.46 bits per heavy atom. The van der Waals surface area contributed by atoms with Crippen molar-refractivity contribution >= 4 is 63.5 Å². The highest BCUT2D eigenvalue weighted by molar-refractivity contribution is 8.01. The first-order valence-corrected chi connectivity index (χ1v) is 13.5. The molecule has 1 fully saturated rings. The minimum Gasteiger partial charge on any atom is -0.477 e. The molecule has 2 aromatic rings. The lowest BCUT2D eigenvalue weighted by atomic mass is 10.0. The first-order valence-electron chi connectivity index (χ1n) is 10.6. The first kappa shape index (κ1) is 26.3. The van der Waals surface area contributed by atoms with Crippen molar-refractivity contribution in [3.8, 4) is 6.07 Å². The average molecular weight is 562 g/mol. The van der Waals surface area contributed by atoms with Crippen LogP contribution in [0.15, 0.2) is 51.2 Å². The number of β-lactam (4-membered cyclic amide) rings is 1. The molecular weight excluding hydrogens is 540 g/mol. The van der Waals surface area contributed by atoms with Crippen LogP contribution < -0.4 is 21.2 Å². The molecule has 0 saturated carbocycles. The largest absolute Gasteiger partial charge is 0.477 e. The van der Waals surface area contributed by atoms with Gasteiger partial charge in [0, 0.05) is 33.9 Å². The number of aromatic nitrogens is 2. The van der Waals surface area contributed by atoms with Crippen molar-refractivity contribution < 1.29 is 29.0 Å². The molecule has 0 aromatic carbocycles. The monoisotopic (exact) mass is 561 g/mol. The molecule has 13 nitrogen and oxygen atoms in total. The van der Waals surface area contributed by atoms with Crippen LogP contribution in [-0.2, 0) is 19.2 Å². The zero-order valence-corrected chi connectivity index (χ0v) is 21.7. The molecule has 16 heteroatoms. The number of nitrogens with zero attached hydrogens (tertiary/aromatic N) is 5. The number of carboxylic acid groups (broad SMARTS) is 1. The van der Waals surface area contributed by atoms with Gasteiger partial charge in [-0.2, -0.15) is 10.7 Å². The summed E-state index contributed by atoms with van der Waals surface area (Å²) in [6.07, 6.45) is 3.51. The summed E-state index contributed by atoms with van der Waals surface area (Å²) in [6.45, 7) is 0.162. The summed E-state index contributed by atoms with van der Waals surface area (Å²) >= 11 is 3.94. The zero-order valence-electron chi connectivity index (χ0n) is 19.3. The van der Waals surface area contributed by atoms with E-state index in [9.17, 15) is 19.5 Å². The summed E-state index contributed by atoms with van der Waals surface area (Å²) < 4.78 is 1.65. The van der Waals surface area contributed by atoms with Gasteiger partial charge >= 0.3 is 5.97 Å². The molecule has 2 aliphatic heterocycles. The lowest BCUT2D eigenvalue weighted by Gasteiger charge is -2.49. The number of amides is 2. The molecule has 0 bridgehead atoms. The van der Waals surface area contributed by atoms with Gasteiger partial charge in [-0.15, -0.1) is 34.9 Å². The summed E-state index contributed by atoms with van der Waals surface area (Å²) in [5.41, 5.74) is 9.13. The number of hydrogen-bond donors (Lipinski definition) is 4. The van der Waals surface area contributed by atoms with E-state index in [1.54, 1.807) is 22.4 Å². The second-order valence-electron chi connectivity index (χ2n) is 7.53. The predicted octanol–water partition coefficient (Wildman–Crippen LogP) is -0.0387. The van der Waals surface area contributed by atoms with Crippen LogP contribution in [-0.4, -0.2) is 75.1 Å². The van der Waals surface area contributed by atoms with Crippen molar-refractivity contribution in [2.45, 2.75) is 16.3 Å². The molecule has 2 aromatic heterocycles. The fourth-order valence-corrected chi connectivity index (χ4v) is 6.52. The number of rotatable bonds is 10. The van der Waals surface area contributed by atoms with Crippen LogP contribution in [0.25, 0.3) is 0 Å². The topological polar surface area (TPSA) is 187 Å². The minimum absolute atomic E-state index is 0.0634. The number of nitrogen functional groups attached to an aromatic ring is 1. The molecule has 192 valence electrons. The van der Waals surface area contributed by atoms with Gasteiger partial charge in [0.2, 0.25) is 12.4 Å². The molecule has 0 spiro atoms. The third-order valence-electron chi connectivity index (χ3n) is 5.25. The van der Waals surface area contributed by atoms with Gasteiger partial charge in [0.05, 0.1) is 6.07 Å². The molecule has 4 rings (SSSR count). The maximum atomic E-state index is 13.0. The van der Waals surface area contributed by atoms with E-state index in [1.165, 1.54) is 35.5 Å². The quantitative estimate of drug-likeness (QED) is 0.0761. The number of anilines is 1. The lowest BCUT2D eigenvalue weighted by Crippen LogP contribution is -2.71. The van der Waals surface area contributed by atoms with E-state index in [2.05, 4.69) is 20.9 Å². The first-order chi connectivity index (χ1) is 17.8. The number of thioether (sulfide) groups is 2. The lowest BCUT2D eigenvalue weighted by molar-refractivity contribution is -0.649. The van der Waals surface area contributed by atoms with Gasteiger partial charge in [-0.3, -0.25) is 14.5 Å². The number of oxime groups is 1. The number of pyridine rings is 1. The van der Waals surface area contributed by atoms with E-state index in [-0.39, 0.29) is 28.8 Å². The van der Waals surface area contributed by atoms with Crippen molar-refractivity contribution in [2.24, 2.45) is 5.16 Å². The second-order valence-corrected chi connectivity index (χ2v) is 10.6. The van der Waals surface area contributed by atoms with Crippen molar-refractivity contribution in [3.63, 3.8) is 0 Å². The fourth-order valence-electron chi connectivity index (χ4n) is 3.61. The van der Waals surface area contributed by atoms with Gasteiger partial charge in [-0.05, 0) is 5.57 Å². The Hall–Kier alpha value is -3.81. The highest BCUT2D eigenvalue weighted by Crippen LogP contribution is 2.41. The van der Waals surface area contributed by atoms with E-state index >= 15 is 0 Å². The third-order valence-corrected chi connectivity index (χ3v) is 8.36. The maximum Gasteiger partial charge on any atom is 0.352 e. The normalized spacial score (nSPS) is 19.0. The molecule has 2 atom stereocenters. The average Bonchev–Trinajstić information content (AvgIpc) is 3.33. The van der Waals surface area contributed by atoms with Gasteiger partial charge in [-0.25, -0.2) is 9.78 Å². The van der Waals surface area contributed by atoms with Crippen LogP contribution in [0.3, 0.4) is 0 Å². The number of carboxylic acids is 1. The molecule has 2 amide bonds. The highest BCUT2D eigenvalue weighted by Gasteiger charge is 2.54. The number of nitriles is 1. The zero-order chi connectivity index (χ0) is 26.5. The number of aliphatic carboxylic acids is 1. The molecule has 1 saturated heterocycles. The Morgan fingerprint density at radius 2 is 2.22 bits per heavy atom. The smallest absolute Gasteiger partial charge is 0.352 e. The number of hydrogen-bond acceptors (Lipinski definition) is 12. The van der Waals surface area contributed by atoms with Crippen LogP contribution in [0.4, 0.5) is 5.13 Å². The Kier molecular flexibility index (Phi) is 8.16. The number of nitrogens with two attached hydrogens (primary N) is 1. The van der Waals surface area contributed by atoms with Crippen molar-refractivity contribution in [1.29, 1.82) is 5.26 Å². The number of carbonyl (C=O) groups is 3. The summed E-state index contributed by atoms with van der Waals surface area (Å²) in [5.74, 6) is -1.66. The van der Waals surface area contributed by atoms with Crippen LogP contribution in [0.5, 0.6) is 0 Å². The highest BCUT2D eigenvalue weighted by atomic mass is 32.2. The predicted molar refractivity (Wildman–Crippen MR) is 137 cm³/mol. The second kappa shape index (κ2) is 11.5. The van der Waals surface area contributed by atoms with Crippen molar-refractivity contribution in [2.75, 3.05) is 36.3 Å². The number of nitrogens with one attached hydrogen (secondary N) is 2. The standard InChI is InChI=1S/C21H20N8O5S3/c1-34-27-14(13-10-37-21(23)25-13)17(30)26-15-18(31)29-16(20(32)33)11(9-36-19(15)29)8-35-12-2-6-28(7-3-12)24-5-4-22/h2-3,6-7,10,15,19,24H,5,8-9H2,1H3,(H3-,23,25,26,30,32,33)/p+1/b27-14-/t15-,19-/m1/s1. The molecule has 2 aliphatic rings. The van der Waals surface area contributed by atoms with Crippen LogP contribution in [0.2, 0.25) is 0 Å². The SMILES string of the molecule is CO/N=C(\C(=O)N[C@@H]1C(=O)N2C(C(=O)O)=C(CSc3cc[n+](NCC#N)cc3)CS[C@H]12)c1csc(N)n1. The van der Waals surface area contributed by atoms with Gasteiger partial charge in [-0.1, -0.05) is 9.83 Å². The van der Waals surface area contributed by atoms with E-state index in [4.69, 9.17) is 15.8 Å². The molecule has 0 radical (unpaired) electrons. The Labute approximate surface area is 223 Å². The van der Waals surface area contributed by atoms with E-state index in [0.29, 0.717) is 17.1 Å². The van der Waals surface area contributed by atoms with Gasteiger partial charge in [0.15, 0.2) is 17.4 Å². The number of thiazole rings is 1. The molecule has 5 N–H and O–H groups in total. The van der Waals surface area contributed by atoms with Crippen LogP contribution in [0, 0.1) is 11.3 Å². The number of carbonyl (C=O) groups excluding carboxylic acids is 2. The Bertz CT molecular complexity index is 1320. The number of fused-ring (bicyclic) bond motifs is 1. The molecular formula is C21H21N8O5S3+. The van der Waals surface area contributed by atoms with Crippen LogP contribution >= 0.6 is 34.9 Å². The summed E-state index contributed by atoms with van der Waals surface area (Å²) in [6, 6.07) is 4.74. The van der Waals surface area contributed by atoms with Crippen molar-refractivity contribution in [3.05, 3.63) is 46.9 Å². The third kappa shape index (κ3) is 5.63. The molecule has 37 heavy (non-hydrogen) atoms. The maximum absolute atomic E-state index is 13.0. The van der Waals surface area contributed by atoms with Gasteiger partial charge in [0.25, 0.3) is 11.8 Å².